The lowest BCUT2D eigenvalue weighted by Gasteiger charge is -2.05. The molecule has 0 heterocycles. The quantitative estimate of drug-likeness (QED) is 0.700. The van der Waals surface area contributed by atoms with Crippen LogP contribution in [0, 0.1) is 0 Å². The lowest BCUT2D eigenvalue weighted by atomic mass is 10.1. The number of carbonyl (C=O) groups excluding carboxylic acids is 2. The summed E-state index contributed by atoms with van der Waals surface area (Å²) in [4.78, 5) is 32.9. The van der Waals surface area contributed by atoms with Crippen molar-refractivity contribution in [2.75, 3.05) is 13.1 Å². The van der Waals surface area contributed by atoms with Gasteiger partial charge in [-0.05, 0) is 17.7 Å². The van der Waals surface area contributed by atoms with Gasteiger partial charge in [-0.1, -0.05) is 28.1 Å². The van der Waals surface area contributed by atoms with E-state index in [1.165, 1.54) is 0 Å². The van der Waals surface area contributed by atoms with Crippen molar-refractivity contribution in [3.8, 4) is 0 Å². The molecule has 2 amide bonds. The molecule has 0 aromatic heterocycles. The summed E-state index contributed by atoms with van der Waals surface area (Å²) in [5, 5.41) is 12.9. The van der Waals surface area contributed by atoms with Gasteiger partial charge in [-0.2, -0.15) is 0 Å². The van der Waals surface area contributed by atoms with E-state index in [9.17, 15) is 14.4 Å². The predicted octanol–water partition coefficient (Wildman–Crippen LogP) is 0.309. The Morgan fingerprint density at radius 2 is 1.58 bits per heavy atom. The third-order valence-corrected chi connectivity index (χ3v) is 2.69. The fourth-order valence-electron chi connectivity index (χ4n) is 1.27. The second-order valence-corrected chi connectivity index (χ2v) is 4.67. The molecule has 0 unspecified atom stereocenters. The van der Waals surface area contributed by atoms with Gasteiger partial charge in [-0.3, -0.25) is 14.4 Å². The van der Waals surface area contributed by atoms with Crippen molar-refractivity contribution in [2.24, 2.45) is 0 Å². The van der Waals surface area contributed by atoms with Crippen molar-refractivity contribution in [3.63, 3.8) is 0 Å². The number of rotatable bonds is 6. The minimum Gasteiger partial charge on any atom is -0.480 e. The number of halogens is 1. The summed E-state index contributed by atoms with van der Waals surface area (Å²) in [6, 6.07) is 7.24. The molecule has 102 valence electrons. The Morgan fingerprint density at radius 1 is 1.00 bits per heavy atom. The summed E-state index contributed by atoms with van der Waals surface area (Å²) in [6.45, 7) is -0.690. The van der Waals surface area contributed by atoms with Crippen LogP contribution in [0.1, 0.15) is 5.56 Å². The normalized spacial score (nSPS) is 9.74. The predicted molar refractivity (Wildman–Crippen MR) is 71.5 cm³/mol. The third-order valence-electron chi connectivity index (χ3n) is 2.16. The van der Waals surface area contributed by atoms with Crippen LogP contribution in [0.4, 0.5) is 0 Å². The molecule has 0 saturated heterocycles. The lowest BCUT2D eigenvalue weighted by Crippen LogP contribution is -2.39. The van der Waals surface area contributed by atoms with Crippen LogP contribution in [0.2, 0.25) is 0 Å². The summed E-state index contributed by atoms with van der Waals surface area (Å²) < 4.78 is 0.921. The van der Waals surface area contributed by atoms with Crippen LogP contribution in [0.15, 0.2) is 28.7 Å². The molecule has 3 N–H and O–H groups in total. The highest BCUT2D eigenvalue weighted by molar-refractivity contribution is 9.10. The molecule has 7 heteroatoms. The highest BCUT2D eigenvalue weighted by Gasteiger charge is 2.07. The summed E-state index contributed by atoms with van der Waals surface area (Å²) >= 11 is 3.29. The number of benzene rings is 1. The van der Waals surface area contributed by atoms with E-state index < -0.39 is 18.4 Å². The Hall–Kier alpha value is -1.89. The first-order chi connectivity index (χ1) is 8.97. The fraction of sp³-hybridized carbons (Fsp3) is 0.250. The molecule has 0 aliphatic rings. The number of nitrogens with one attached hydrogen (secondary N) is 2. The number of carbonyl (C=O) groups is 3. The second-order valence-electron chi connectivity index (χ2n) is 3.75. The average molecular weight is 329 g/mol. The molecule has 0 bridgehead atoms. The van der Waals surface area contributed by atoms with Gasteiger partial charge in [0.2, 0.25) is 11.8 Å². The van der Waals surface area contributed by atoms with Gasteiger partial charge < -0.3 is 15.7 Å². The van der Waals surface area contributed by atoms with Gasteiger partial charge in [0, 0.05) is 4.47 Å². The molecule has 0 radical (unpaired) electrons. The average Bonchev–Trinajstić information content (AvgIpc) is 2.36. The van der Waals surface area contributed by atoms with Crippen molar-refractivity contribution in [1.82, 2.24) is 10.6 Å². The van der Waals surface area contributed by atoms with Crippen LogP contribution in [-0.4, -0.2) is 36.0 Å². The fourth-order valence-corrected chi connectivity index (χ4v) is 1.53. The maximum absolute atomic E-state index is 11.5. The topological polar surface area (TPSA) is 95.5 Å². The minimum atomic E-state index is -1.13. The number of carboxylic acids is 1. The van der Waals surface area contributed by atoms with Crippen molar-refractivity contribution < 1.29 is 19.5 Å². The molecular weight excluding hydrogens is 316 g/mol. The Bertz CT molecular complexity index is 473. The van der Waals surface area contributed by atoms with E-state index in [1.54, 1.807) is 12.1 Å². The second kappa shape index (κ2) is 7.52. The van der Waals surface area contributed by atoms with E-state index in [0.717, 1.165) is 10.0 Å². The van der Waals surface area contributed by atoms with Crippen LogP contribution in [0.25, 0.3) is 0 Å². The largest absolute Gasteiger partial charge is 0.480 e. The number of hydrogen-bond donors (Lipinski definition) is 3. The van der Waals surface area contributed by atoms with Gasteiger partial charge in [0.1, 0.15) is 6.54 Å². The SMILES string of the molecule is O=C(O)CNC(=O)CNC(=O)Cc1ccc(Br)cc1. The molecule has 0 atom stereocenters. The van der Waals surface area contributed by atoms with Crippen molar-refractivity contribution in [3.05, 3.63) is 34.3 Å². The zero-order valence-corrected chi connectivity index (χ0v) is 11.6. The molecule has 1 rings (SSSR count). The first-order valence-electron chi connectivity index (χ1n) is 5.47. The maximum Gasteiger partial charge on any atom is 0.322 e. The maximum atomic E-state index is 11.5. The highest BCUT2D eigenvalue weighted by Crippen LogP contribution is 2.10. The van der Waals surface area contributed by atoms with Crippen LogP contribution in [-0.2, 0) is 20.8 Å². The van der Waals surface area contributed by atoms with E-state index in [-0.39, 0.29) is 18.9 Å². The van der Waals surface area contributed by atoms with Crippen molar-refractivity contribution >= 4 is 33.7 Å². The molecule has 1 aromatic rings. The summed E-state index contributed by atoms with van der Waals surface area (Å²) in [6.07, 6.45) is 0.166. The van der Waals surface area contributed by atoms with E-state index in [4.69, 9.17) is 5.11 Å². The number of amides is 2. The third kappa shape index (κ3) is 6.56. The zero-order chi connectivity index (χ0) is 14.3. The van der Waals surface area contributed by atoms with Gasteiger partial charge >= 0.3 is 5.97 Å². The van der Waals surface area contributed by atoms with Gasteiger partial charge in [0.05, 0.1) is 13.0 Å². The molecular formula is C12H13BrN2O4. The summed E-state index contributed by atoms with van der Waals surface area (Å²) in [5.74, 6) is -1.96. The zero-order valence-electron chi connectivity index (χ0n) is 9.98. The number of hydrogen-bond acceptors (Lipinski definition) is 3. The van der Waals surface area contributed by atoms with E-state index >= 15 is 0 Å². The van der Waals surface area contributed by atoms with Gasteiger partial charge in [-0.25, -0.2) is 0 Å². The Labute approximate surface area is 118 Å². The summed E-state index contributed by atoms with van der Waals surface area (Å²) in [7, 11) is 0. The summed E-state index contributed by atoms with van der Waals surface area (Å²) in [5.41, 5.74) is 0.826. The highest BCUT2D eigenvalue weighted by atomic mass is 79.9. The molecule has 19 heavy (non-hydrogen) atoms. The standard InChI is InChI=1S/C12H13BrN2O4/c13-9-3-1-8(2-4-9)5-10(16)14-6-11(17)15-7-12(18)19/h1-4H,5-7H2,(H,14,16)(H,15,17)(H,18,19). The number of carboxylic acid groups (broad SMARTS) is 1. The molecule has 1 aromatic carbocycles. The molecule has 6 nitrogen and oxygen atoms in total. The Kier molecular flexibility index (Phi) is 6.01. The number of aliphatic carboxylic acids is 1. The first-order valence-corrected chi connectivity index (χ1v) is 6.26. The van der Waals surface area contributed by atoms with E-state index in [2.05, 4.69) is 26.6 Å². The lowest BCUT2D eigenvalue weighted by molar-refractivity contribution is -0.137. The minimum absolute atomic E-state index is 0.166. The molecule has 0 saturated carbocycles. The van der Waals surface area contributed by atoms with Crippen molar-refractivity contribution in [2.45, 2.75) is 6.42 Å². The first kappa shape index (κ1) is 15.2. The Morgan fingerprint density at radius 3 is 2.16 bits per heavy atom. The van der Waals surface area contributed by atoms with E-state index in [1.807, 2.05) is 12.1 Å². The van der Waals surface area contributed by atoms with E-state index in [0.29, 0.717) is 0 Å². The Balaban J connectivity index is 2.29. The van der Waals surface area contributed by atoms with Crippen LogP contribution < -0.4 is 10.6 Å². The van der Waals surface area contributed by atoms with Crippen LogP contribution in [0.3, 0.4) is 0 Å². The molecule has 0 spiro atoms. The van der Waals surface area contributed by atoms with Gasteiger partial charge in [0.25, 0.3) is 0 Å². The monoisotopic (exact) mass is 328 g/mol. The molecule has 0 fully saturated rings. The smallest absolute Gasteiger partial charge is 0.322 e. The van der Waals surface area contributed by atoms with Gasteiger partial charge in [0.15, 0.2) is 0 Å². The van der Waals surface area contributed by atoms with Crippen LogP contribution >= 0.6 is 15.9 Å². The van der Waals surface area contributed by atoms with Gasteiger partial charge in [-0.15, -0.1) is 0 Å². The van der Waals surface area contributed by atoms with Crippen molar-refractivity contribution in [1.29, 1.82) is 0 Å². The van der Waals surface area contributed by atoms with Crippen LogP contribution in [0.5, 0.6) is 0 Å². The molecule has 0 aliphatic carbocycles. The molecule has 0 aliphatic heterocycles.